The standard InChI is InChI=1S/C21H23BrN2O2S/c1-15-13-17(22)7-8-19(15)27-14-20(25)24-11-9-16(10-12-24)21(26)23-18-5-3-2-4-6-18/h2-8,13,16H,9-12,14H2,1H3,(H,23,26). The van der Waals surface area contributed by atoms with Crippen LogP contribution in [0, 0.1) is 12.8 Å². The summed E-state index contributed by atoms with van der Waals surface area (Å²) in [5.74, 6) is 0.594. The molecule has 2 aromatic carbocycles. The van der Waals surface area contributed by atoms with Crippen LogP contribution in [0.15, 0.2) is 57.9 Å². The molecule has 2 aromatic rings. The molecule has 0 bridgehead atoms. The van der Waals surface area contributed by atoms with Crippen molar-refractivity contribution in [3.05, 3.63) is 58.6 Å². The van der Waals surface area contributed by atoms with Gasteiger partial charge in [-0.1, -0.05) is 34.1 Å². The van der Waals surface area contributed by atoms with Crippen LogP contribution in [0.1, 0.15) is 18.4 Å². The number of aryl methyl sites for hydroxylation is 1. The Bertz CT molecular complexity index is 805. The van der Waals surface area contributed by atoms with Gasteiger partial charge in [0.05, 0.1) is 5.75 Å². The first-order valence-corrected chi connectivity index (χ1v) is 10.8. The molecule has 3 rings (SSSR count). The summed E-state index contributed by atoms with van der Waals surface area (Å²) in [7, 11) is 0. The lowest BCUT2D eigenvalue weighted by molar-refractivity contribution is -0.132. The minimum absolute atomic E-state index is 0.0318. The van der Waals surface area contributed by atoms with Crippen molar-refractivity contribution in [2.75, 3.05) is 24.2 Å². The Hall–Kier alpha value is -1.79. The summed E-state index contributed by atoms with van der Waals surface area (Å²) in [5, 5.41) is 2.96. The number of para-hydroxylation sites is 1. The number of piperidine rings is 1. The van der Waals surface area contributed by atoms with Gasteiger partial charge in [-0.05, 0) is 55.7 Å². The second kappa shape index (κ2) is 9.42. The zero-order valence-corrected chi connectivity index (χ0v) is 17.7. The fourth-order valence-corrected chi connectivity index (χ4v) is 4.55. The van der Waals surface area contributed by atoms with E-state index in [0.717, 1.165) is 15.1 Å². The number of anilines is 1. The highest BCUT2D eigenvalue weighted by atomic mass is 79.9. The summed E-state index contributed by atoms with van der Waals surface area (Å²) in [4.78, 5) is 27.9. The molecule has 0 unspecified atom stereocenters. The van der Waals surface area contributed by atoms with Gasteiger partial charge in [0, 0.05) is 34.1 Å². The van der Waals surface area contributed by atoms with Crippen LogP contribution in [0.2, 0.25) is 0 Å². The zero-order chi connectivity index (χ0) is 19.2. The molecule has 1 N–H and O–H groups in total. The number of nitrogens with one attached hydrogen (secondary N) is 1. The molecule has 1 aliphatic heterocycles. The third-order valence-electron chi connectivity index (χ3n) is 4.75. The van der Waals surface area contributed by atoms with E-state index in [0.29, 0.717) is 31.7 Å². The summed E-state index contributed by atoms with van der Waals surface area (Å²) in [5.41, 5.74) is 1.99. The van der Waals surface area contributed by atoms with Gasteiger partial charge in [0.2, 0.25) is 11.8 Å². The zero-order valence-electron chi connectivity index (χ0n) is 15.3. The fraction of sp³-hybridized carbons (Fsp3) is 0.333. The summed E-state index contributed by atoms with van der Waals surface area (Å²) in [6.07, 6.45) is 1.43. The number of carbonyl (C=O) groups excluding carboxylic acids is 2. The quantitative estimate of drug-likeness (QED) is 0.675. The van der Waals surface area contributed by atoms with E-state index in [1.165, 1.54) is 5.56 Å². The summed E-state index contributed by atoms with van der Waals surface area (Å²) in [6, 6.07) is 15.6. The van der Waals surface area contributed by atoms with Crippen molar-refractivity contribution >= 4 is 45.2 Å². The van der Waals surface area contributed by atoms with E-state index in [2.05, 4.69) is 34.2 Å². The number of benzene rings is 2. The number of hydrogen-bond donors (Lipinski definition) is 1. The molecule has 0 spiro atoms. The molecule has 0 aliphatic carbocycles. The molecule has 6 heteroatoms. The highest BCUT2D eigenvalue weighted by Gasteiger charge is 2.27. The average Bonchev–Trinajstić information content (AvgIpc) is 2.68. The minimum Gasteiger partial charge on any atom is -0.342 e. The van der Waals surface area contributed by atoms with Gasteiger partial charge in [0.15, 0.2) is 0 Å². The summed E-state index contributed by atoms with van der Waals surface area (Å²) in [6.45, 7) is 3.34. The van der Waals surface area contributed by atoms with E-state index >= 15 is 0 Å². The number of thioether (sulfide) groups is 1. The third kappa shape index (κ3) is 5.59. The van der Waals surface area contributed by atoms with Crippen LogP contribution in [0.3, 0.4) is 0 Å². The van der Waals surface area contributed by atoms with E-state index in [9.17, 15) is 9.59 Å². The maximum atomic E-state index is 12.5. The topological polar surface area (TPSA) is 49.4 Å². The third-order valence-corrected chi connectivity index (χ3v) is 6.40. The number of hydrogen-bond acceptors (Lipinski definition) is 3. The van der Waals surface area contributed by atoms with Gasteiger partial charge < -0.3 is 10.2 Å². The molecule has 2 amide bonds. The van der Waals surface area contributed by atoms with Gasteiger partial charge in [-0.15, -0.1) is 11.8 Å². The number of nitrogens with zero attached hydrogens (tertiary/aromatic N) is 1. The largest absolute Gasteiger partial charge is 0.342 e. The second-order valence-electron chi connectivity index (χ2n) is 6.71. The molecule has 4 nitrogen and oxygen atoms in total. The predicted molar refractivity (Wildman–Crippen MR) is 114 cm³/mol. The van der Waals surface area contributed by atoms with Crippen LogP contribution in [0.5, 0.6) is 0 Å². The summed E-state index contributed by atoms with van der Waals surface area (Å²) >= 11 is 5.03. The highest BCUT2D eigenvalue weighted by molar-refractivity contribution is 9.10. The minimum atomic E-state index is -0.0318. The fourth-order valence-electron chi connectivity index (χ4n) is 3.16. The van der Waals surface area contributed by atoms with Gasteiger partial charge in [-0.3, -0.25) is 9.59 Å². The Labute approximate surface area is 172 Å². The molecule has 0 aromatic heterocycles. The smallest absolute Gasteiger partial charge is 0.232 e. The maximum absolute atomic E-state index is 12.5. The monoisotopic (exact) mass is 446 g/mol. The van der Waals surface area contributed by atoms with E-state index in [1.54, 1.807) is 11.8 Å². The lowest BCUT2D eigenvalue weighted by atomic mass is 9.96. The van der Waals surface area contributed by atoms with E-state index < -0.39 is 0 Å². The van der Waals surface area contributed by atoms with Crippen molar-refractivity contribution in [3.63, 3.8) is 0 Å². The molecule has 0 saturated carbocycles. The van der Waals surface area contributed by atoms with Gasteiger partial charge in [-0.25, -0.2) is 0 Å². The first-order valence-electron chi connectivity index (χ1n) is 9.05. The van der Waals surface area contributed by atoms with Crippen molar-refractivity contribution in [1.82, 2.24) is 4.90 Å². The number of rotatable bonds is 5. The Morgan fingerprint density at radius 2 is 1.85 bits per heavy atom. The van der Waals surface area contributed by atoms with Gasteiger partial charge in [-0.2, -0.15) is 0 Å². The highest BCUT2D eigenvalue weighted by Crippen LogP contribution is 2.26. The van der Waals surface area contributed by atoms with Gasteiger partial charge in [0.25, 0.3) is 0 Å². The van der Waals surface area contributed by atoms with Crippen LogP contribution in [0.25, 0.3) is 0 Å². The predicted octanol–water partition coefficient (Wildman–Crippen LogP) is 4.73. The molecule has 0 atom stereocenters. The average molecular weight is 447 g/mol. The number of amides is 2. The van der Waals surface area contributed by atoms with Gasteiger partial charge in [0.1, 0.15) is 0 Å². The normalized spacial score (nSPS) is 14.8. The van der Waals surface area contributed by atoms with E-state index in [4.69, 9.17) is 0 Å². The number of halogens is 1. The van der Waals surface area contributed by atoms with Crippen LogP contribution in [-0.2, 0) is 9.59 Å². The molecule has 142 valence electrons. The molecule has 1 saturated heterocycles. The molecular formula is C21H23BrN2O2S. The van der Waals surface area contributed by atoms with Gasteiger partial charge >= 0.3 is 0 Å². The van der Waals surface area contributed by atoms with Crippen LogP contribution in [-0.4, -0.2) is 35.6 Å². The van der Waals surface area contributed by atoms with Crippen molar-refractivity contribution in [3.8, 4) is 0 Å². The SMILES string of the molecule is Cc1cc(Br)ccc1SCC(=O)N1CCC(C(=O)Nc2ccccc2)CC1. The van der Waals surface area contributed by atoms with Crippen LogP contribution in [0.4, 0.5) is 5.69 Å². The van der Waals surface area contributed by atoms with Crippen LogP contribution >= 0.6 is 27.7 Å². The van der Waals surface area contributed by atoms with E-state index in [1.807, 2.05) is 47.4 Å². The van der Waals surface area contributed by atoms with Crippen molar-refractivity contribution in [1.29, 1.82) is 0 Å². The Kier molecular flexibility index (Phi) is 6.96. The molecule has 1 heterocycles. The summed E-state index contributed by atoms with van der Waals surface area (Å²) < 4.78 is 1.05. The van der Waals surface area contributed by atoms with Crippen molar-refractivity contribution in [2.45, 2.75) is 24.7 Å². The van der Waals surface area contributed by atoms with Crippen molar-refractivity contribution < 1.29 is 9.59 Å². The molecular weight excluding hydrogens is 424 g/mol. The number of likely N-dealkylation sites (tertiary alicyclic amines) is 1. The molecule has 1 aliphatic rings. The lowest BCUT2D eigenvalue weighted by Gasteiger charge is -2.31. The first-order chi connectivity index (χ1) is 13.0. The van der Waals surface area contributed by atoms with Crippen LogP contribution < -0.4 is 5.32 Å². The molecule has 1 fully saturated rings. The second-order valence-corrected chi connectivity index (χ2v) is 8.64. The lowest BCUT2D eigenvalue weighted by Crippen LogP contribution is -2.42. The number of carbonyl (C=O) groups is 2. The molecule has 27 heavy (non-hydrogen) atoms. The van der Waals surface area contributed by atoms with E-state index in [-0.39, 0.29) is 17.7 Å². The Balaban J connectivity index is 1.45. The first kappa shape index (κ1) is 20.0. The molecule has 0 radical (unpaired) electrons. The van der Waals surface area contributed by atoms with Crippen molar-refractivity contribution in [2.24, 2.45) is 5.92 Å². The Morgan fingerprint density at radius 1 is 1.15 bits per heavy atom. The maximum Gasteiger partial charge on any atom is 0.232 e. The Morgan fingerprint density at radius 3 is 2.52 bits per heavy atom.